The van der Waals surface area contributed by atoms with Crippen LogP contribution in [-0.2, 0) is 16.1 Å². The van der Waals surface area contributed by atoms with Crippen LogP contribution < -0.4 is 10.6 Å². The van der Waals surface area contributed by atoms with Crippen LogP contribution in [0.2, 0.25) is 0 Å². The first kappa shape index (κ1) is 20.3. The van der Waals surface area contributed by atoms with E-state index >= 15 is 0 Å². The van der Waals surface area contributed by atoms with Gasteiger partial charge in [-0.05, 0) is 75.3 Å². The van der Waals surface area contributed by atoms with Crippen molar-refractivity contribution in [3.8, 4) is 0 Å². The van der Waals surface area contributed by atoms with Crippen LogP contribution in [0.3, 0.4) is 0 Å². The number of fused-ring (bicyclic) bond motifs is 1. The lowest BCUT2D eigenvalue weighted by Gasteiger charge is -2.35. The molecule has 0 spiro atoms. The summed E-state index contributed by atoms with van der Waals surface area (Å²) in [5.41, 5.74) is 1.62. The molecule has 4 aliphatic heterocycles. The lowest BCUT2D eigenvalue weighted by Crippen LogP contribution is -2.54. The van der Waals surface area contributed by atoms with Crippen molar-refractivity contribution in [1.29, 1.82) is 0 Å². The average molecular weight is 425 g/mol. The number of nitrogens with one attached hydrogen (secondary N) is 2. The van der Waals surface area contributed by atoms with Crippen LogP contribution in [0.5, 0.6) is 0 Å². The molecule has 0 aromatic heterocycles. The topological polar surface area (TPSA) is 98.8 Å². The van der Waals surface area contributed by atoms with E-state index in [0.717, 1.165) is 61.3 Å². The highest BCUT2D eigenvalue weighted by Gasteiger charge is 2.45. The van der Waals surface area contributed by atoms with Crippen molar-refractivity contribution in [2.75, 3.05) is 26.2 Å². The second-order valence-corrected chi connectivity index (χ2v) is 9.15. The highest BCUT2D eigenvalue weighted by molar-refractivity contribution is 6.24. The van der Waals surface area contributed by atoms with Crippen molar-refractivity contribution in [3.05, 3.63) is 34.9 Å². The van der Waals surface area contributed by atoms with Crippen LogP contribution in [0.25, 0.3) is 0 Å². The number of piperidine rings is 2. The van der Waals surface area contributed by atoms with E-state index in [9.17, 15) is 19.2 Å². The normalized spacial score (nSPS) is 27.7. The van der Waals surface area contributed by atoms with Gasteiger partial charge in [-0.3, -0.25) is 34.3 Å². The zero-order valence-electron chi connectivity index (χ0n) is 17.6. The Morgan fingerprint density at radius 1 is 0.935 bits per heavy atom. The summed E-state index contributed by atoms with van der Waals surface area (Å²) in [5.74, 6) is -0.254. The first-order valence-electron chi connectivity index (χ1n) is 11.3. The summed E-state index contributed by atoms with van der Waals surface area (Å²) < 4.78 is 0. The molecule has 0 bridgehead atoms. The molecule has 1 aromatic carbocycles. The number of hydrogen-bond donors (Lipinski definition) is 2. The Labute approximate surface area is 181 Å². The Hall–Kier alpha value is -2.58. The first-order chi connectivity index (χ1) is 15.0. The van der Waals surface area contributed by atoms with Gasteiger partial charge in [-0.25, -0.2) is 0 Å². The average Bonchev–Trinajstić information content (AvgIpc) is 3.38. The highest BCUT2D eigenvalue weighted by atomic mass is 16.2. The van der Waals surface area contributed by atoms with Crippen LogP contribution >= 0.6 is 0 Å². The second-order valence-electron chi connectivity index (χ2n) is 9.15. The molecule has 4 aliphatic rings. The van der Waals surface area contributed by atoms with Crippen LogP contribution in [0, 0.1) is 11.8 Å². The summed E-state index contributed by atoms with van der Waals surface area (Å²) >= 11 is 0. The molecule has 4 amide bonds. The van der Waals surface area contributed by atoms with Crippen molar-refractivity contribution in [1.82, 2.24) is 20.4 Å². The zero-order chi connectivity index (χ0) is 21.5. The Kier molecular flexibility index (Phi) is 5.35. The Morgan fingerprint density at radius 2 is 1.74 bits per heavy atom. The number of amides is 4. The smallest absolute Gasteiger partial charge is 0.262 e. The third-order valence-electron chi connectivity index (χ3n) is 7.35. The lowest BCUT2D eigenvalue weighted by molar-refractivity contribution is -0.136. The highest BCUT2D eigenvalue weighted by Crippen LogP contribution is 2.33. The summed E-state index contributed by atoms with van der Waals surface area (Å²) in [7, 11) is 0. The van der Waals surface area contributed by atoms with Gasteiger partial charge in [-0.2, -0.15) is 0 Å². The van der Waals surface area contributed by atoms with Crippen molar-refractivity contribution in [2.24, 2.45) is 11.8 Å². The Morgan fingerprint density at radius 3 is 2.45 bits per heavy atom. The van der Waals surface area contributed by atoms with E-state index in [2.05, 4.69) is 15.5 Å². The van der Waals surface area contributed by atoms with Gasteiger partial charge in [0.2, 0.25) is 11.8 Å². The molecule has 0 saturated carbocycles. The maximum atomic E-state index is 13.2. The van der Waals surface area contributed by atoms with Crippen molar-refractivity contribution in [2.45, 2.75) is 44.7 Å². The van der Waals surface area contributed by atoms with Gasteiger partial charge in [-0.15, -0.1) is 0 Å². The minimum Gasteiger partial charge on any atom is -0.316 e. The molecular formula is C23H28N4O4. The summed E-state index contributed by atoms with van der Waals surface area (Å²) in [6.45, 7) is 4.86. The van der Waals surface area contributed by atoms with E-state index in [1.807, 2.05) is 12.1 Å². The number of likely N-dealkylation sites (tertiary alicyclic amines) is 1. The molecule has 164 valence electrons. The fourth-order valence-electron chi connectivity index (χ4n) is 5.62. The van der Waals surface area contributed by atoms with Crippen LogP contribution in [0.1, 0.15) is 58.4 Å². The van der Waals surface area contributed by atoms with Gasteiger partial charge in [0.1, 0.15) is 6.04 Å². The molecule has 1 aromatic rings. The second kappa shape index (κ2) is 8.16. The van der Waals surface area contributed by atoms with Crippen molar-refractivity contribution < 1.29 is 19.2 Å². The van der Waals surface area contributed by atoms with Crippen molar-refractivity contribution >= 4 is 23.6 Å². The third kappa shape index (κ3) is 3.68. The predicted molar refractivity (Wildman–Crippen MR) is 112 cm³/mol. The number of carbonyl (C=O) groups is 4. The number of benzene rings is 1. The quantitative estimate of drug-likeness (QED) is 0.697. The van der Waals surface area contributed by atoms with Gasteiger partial charge >= 0.3 is 0 Å². The monoisotopic (exact) mass is 424 g/mol. The summed E-state index contributed by atoms with van der Waals surface area (Å²) in [6, 6.07) is 4.45. The minimum absolute atomic E-state index is 0.127. The molecule has 4 heterocycles. The van der Waals surface area contributed by atoms with Gasteiger partial charge in [0.25, 0.3) is 11.8 Å². The van der Waals surface area contributed by atoms with Crippen LogP contribution in [0.15, 0.2) is 18.2 Å². The zero-order valence-corrected chi connectivity index (χ0v) is 17.6. The maximum Gasteiger partial charge on any atom is 0.262 e. The molecule has 2 unspecified atom stereocenters. The van der Waals surface area contributed by atoms with Gasteiger partial charge in [-0.1, -0.05) is 12.1 Å². The molecule has 8 nitrogen and oxygen atoms in total. The van der Waals surface area contributed by atoms with E-state index in [4.69, 9.17) is 0 Å². The molecular weight excluding hydrogens is 396 g/mol. The van der Waals surface area contributed by atoms with Crippen molar-refractivity contribution in [3.63, 3.8) is 0 Å². The fourth-order valence-corrected chi connectivity index (χ4v) is 5.62. The molecule has 31 heavy (non-hydrogen) atoms. The van der Waals surface area contributed by atoms with Gasteiger partial charge < -0.3 is 5.32 Å². The van der Waals surface area contributed by atoms with Crippen LogP contribution in [0.4, 0.5) is 0 Å². The molecule has 3 saturated heterocycles. The molecule has 3 fully saturated rings. The number of imide groups is 2. The van der Waals surface area contributed by atoms with E-state index in [1.165, 1.54) is 6.42 Å². The molecule has 2 atom stereocenters. The molecule has 0 aliphatic carbocycles. The number of carbonyl (C=O) groups excluding carboxylic acids is 4. The Bertz CT molecular complexity index is 932. The Balaban J connectivity index is 1.30. The number of rotatable bonds is 4. The number of nitrogens with zero attached hydrogens (tertiary/aromatic N) is 2. The SMILES string of the molecule is O=C1CCC(N2C(=O)c3cccc(CN4CCC(C5CCNC5)CC4)c3C2=O)C(=O)N1. The standard InChI is InChI=1S/C23H28N4O4/c28-19-5-4-18(21(29)25-19)27-22(30)17-3-1-2-16(20(17)23(27)31)13-26-10-7-14(8-11-26)15-6-9-24-12-15/h1-3,14-15,18,24H,4-13H2,(H,25,28,29). The molecule has 2 N–H and O–H groups in total. The van der Waals surface area contributed by atoms with E-state index in [-0.39, 0.29) is 18.7 Å². The third-order valence-corrected chi connectivity index (χ3v) is 7.35. The summed E-state index contributed by atoms with van der Waals surface area (Å²) in [5, 5.41) is 5.70. The van der Waals surface area contributed by atoms with E-state index in [1.54, 1.807) is 6.07 Å². The van der Waals surface area contributed by atoms with E-state index < -0.39 is 23.8 Å². The minimum atomic E-state index is -0.922. The number of hydrogen-bond acceptors (Lipinski definition) is 6. The first-order valence-corrected chi connectivity index (χ1v) is 11.3. The van der Waals surface area contributed by atoms with Gasteiger partial charge in [0, 0.05) is 13.0 Å². The van der Waals surface area contributed by atoms with Crippen LogP contribution in [-0.4, -0.2) is 65.6 Å². The molecule has 0 radical (unpaired) electrons. The predicted octanol–water partition coefficient (Wildman–Crippen LogP) is 0.909. The van der Waals surface area contributed by atoms with Gasteiger partial charge in [0.05, 0.1) is 11.1 Å². The van der Waals surface area contributed by atoms with Gasteiger partial charge in [0.15, 0.2) is 0 Å². The fraction of sp³-hybridized carbons (Fsp3) is 0.565. The molecule has 8 heteroatoms. The maximum absolute atomic E-state index is 13.2. The van der Waals surface area contributed by atoms with E-state index in [0.29, 0.717) is 17.7 Å². The summed E-state index contributed by atoms with van der Waals surface area (Å²) in [6.07, 6.45) is 3.90. The molecule has 5 rings (SSSR count). The largest absolute Gasteiger partial charge is 0.316 e. The summed E-state index contributed by atoms with van der Waals surface area (Å²) in [4.78, 5) is 53.4. The lowest BCUT2D eigenvalue weighted by atomic mass is 9.83.